The molecule has 1 unspecified atom stereocenters. The van der Waals surface area contributed by atoms with Crippen LogP contribution in [0, 0.1) is 11.8 Å². The van der Waals surface area contributed by atoms with E-state index in [-0.39, 0.29) is 27.5 Å². The Bertz CT molecular complexity index is 1700. The normalized spacial score (nSPS) is 15.6. The molecule has 0 saturated heterocycles. The summed E-state index contributed by atoms with van der Waals surface area (Å²) in [5.41, 5.74) is 5.27. The van der Waals surface area contributed by atoms with Gasteiger partial charge in [-0.05, 0) is 109 Å². The lowest BCUT2D eigenvalue weighted by Crippen LogP contribution is -2.19. The SMILES string of the molecule is CC(C)Cc1ccc([C@H](C)C(=O)N=C2C=CC(=S(=O)(O)c3ccc(NC(=O)[C@@H](C)c4ccc(CC(C)C)cc4)cc3)C=C2)cc1. The van der Waals surface area contributed by atoms with E-state index in [2.05, 4.69) is 62.3 Å². The Balaban J connectivity index is 1.39. The number of hydrogen-bond donors (Lipinski definition) is 2. The second-order valence-electron chi connectivity index (χ2n) is 12.6. The molecule has 3 atom stereocenters. The first-order valence-electron chi connectivity index (χ1n) is 15.5. The van der Waals surface area contributed by atoms with Gasteiger partial charge in [0.25, 0.3) is 5.91 Å². The second kappa shape index (κ2) is 14.8. The van der Waals surface area contributed by atoms with E-state index in [0.717, 1.165) is 24.0 Å². The first-order valence-corrected chi connectivity index (χ1v) is 17.1. The van der Waals surface area contributed by atoms with E-state index in [9.17, 15) is 18.4 Å². The van der Waals surface area contributed by atoms with E-state index in [1.165, 1.54) is 23.3 Å². The Morgan fingerprint density at radius 3 is 1.62 bits per heavy atom. The third-order valence-electron chi connectivity index (χ3n) is 7.85. The van der Waals surface area contributed by atoms with Crippen molar-refractivity contribution >= 4 is 37.9 Å². The molecule has 1 aliphatic carbocycles. The first kappa shape index (κ1) is 33.8. The number of anilines is 1. The molecule has 0 aromatic heterocycles. The van der Waals surface area contributed by atoms with E-state index in [0.29, 0.717) is 23.2 Å². The lowest BCUT2D eigenvalue weighted by atomic mass is 9.96. The fraction of sp³-hybridized carbons (Fsp3) is 0.316. The van der Waals surface area contributed by atoms with E-state index in [1.54, 1.807) is 36.4 Å². The Morgan fingerprint density at radius 1 is 0.689 bits per heavy atom. The van der Waals surface area contributed by atoms with Gasteiger partial charge in [0.1, 0.15) is 9.80 Å². The highest BCUT2D eigenvalue weighted by Crippen LogP contribution is 2.23. The number of nitrogens with zero attached hydrogens (tertiary/aromatic N) is 1. The molecule has 2 amide bonds. The van der Waals surface area contributed by atoms with Gasteiger partial charge in [-0.2, -0.15) is 0 Å². The number of amides is 2. The number of allylic oxidation sites excluding steroid dienone is 4. The highest BCUT2D eigenvalue weighted by molar-refractivity contribution is 7.97. The predicted octanol–water partition coefficient (Wildman–Crippen LogP) is 8.01. The van der Waals surface area contributed by atoms with Gasteiger partial charge in [0.2, 0.25) is 5.91 Å². The third-order valence-corrected chi connectivity index (χ3v) is 9.67. The van der Waals surface area contributed by atoms with Crippen molar-refractivity contribution in [3.05, 3.63) is 119 Å². The fourth-order valence-electron chi connectivity index (χ4n) is 5.16. The molecule has 2 N–H and O–H groups in total. The van der Waals surface area contributed by atoms with Crippen molar-refractivity contribution < 1.29 is 18.4 Å². The van der Waals surface area contributed by atoms with E-state index >= 15 is 0 Å². The molecule has 0 heterocycles. The zero-order valence-electron chi connectivity index (χ0n) is 27.0. The highest BCUT2D eigenvalue weighted by Gasteiger charge is 2.19. The Kier molecular flexibility index (Phi) is 11.1. The Morgan fingerprint density at radius 2 is 1.16 bits per heavy atom. The van der Waals surface area contributed by atoms with Crippen LogP contribution in [-0.2, 0) is 32.2 Å². The molecule has 0 radical (unpaired) electrons. The van der Waals surface area contributed by atoms with Gasteiger partial charge in [0.05, 0.1) is 27.3 Å². The van der Waals surface area contributed by atoms with Gasteiger partial charge in [0, 0.05) is 5.69 Å². The van der Waals surface area contributed by atoms with Crippen LogP contribution in [0.1, 0.15) is 75.6 Å². The summed E-state index contributed by atoms with van der Waals surface area (Å²) in [4.78, 5) is 30.4. The van der Waals surface area contributed by atoms with Gasteiger partial charge in [-0.15, -0.1) is 0 Å². The minimum Gasteiger partial charge on any atom is -0.326 e. The standard InChI is InChI=1S/C38H44N2O4S/c1-25(2)23-29-7-11-31(12-8-29)27(5)37(41)39-33-15-19-35(20-16-33)45(43,44)36-21-17-34(18-22-36)40-38(42)28(6)32-13-9-30(10-14-32)24-26(3)4/h7-22,25-28H,23-24H2,1-6H3,(H,39,41)(H,43,44)/t27-,28-/m0/s1. The molecule has 0 fully saturated rings. The maximum atomic E-state index is 13.4. The molecule has 1 aliphatic rings. The van der Waals surface area contributed by atoms with Crippen LogP contribution in [0.15, 0.2) is 107 Å². The van der Waals surface area contributed by atoms with Crippen molar-refractivity contribution in [1.29, 1.82) is 0 Å². The summed E-state index contributed by atoms with van der Waals surface area (Å²) in [5.74, 6) is -0.0667. The summed E-state index contributed by atoms with van der Waals surface area (Å²) >= 11 is 0. The van der Waals surface area contributed by atoms with Crippen LogP contribution in [0.3, 0.4) is 0 Å². The zero-order chi connectivity index (χ0) is 32.7. The maximum Gasteiger partial charge on any atom is 0.253 e. The van der Waals surface area contributed by atoms with Crippen LogP contribution >= 0.6 is 0 Å². The van der Waals surface area contributed by atoms with Gasteiger partial charge >= 0.3 is 0 Å². The Labute approximate surface area is 268 Å². The van der Waals surface area contributed by atoms with Gasteiger partial charge in [-0.25, -0.2) is 9.20 Å². The molecule has 0 spiro atoms. The average molecular weight is 625 g/mol. The highest BCUT2D eigenvalue weighted by atomic mass is 32.2. The molecule has 0 saturated carbocycles. The van der Waals surface area contributed by atoms with Crippen molar-refractivity contribution in [1.82, 2.24) is 0 Å². The molecule has 6 nitrogen and oxygen atoms in total. The van der Waals surface area contributed by atoms with E-state index in [4.69, 9.17) is 0 Å². The molecule has 0 aliphatic heterocycles. The van der Waals surface area contributed by atoms with E-state index in [1.807, 2.05) is 38.1 Å². The second-order valence-corrected chi connectivity index (χ2v) is 14.6. The molecule has 45 heavy (non-hydrogen) atoms. The number of rotatable bonds is 10. The maximum absolute atomic E-state index is 13.4. The summed E-state index contributed by atoms with van der Waals surface area (Å²) in [6.07, 6.45) is 8.17. The lowest BCUT2D eigenvalue weighted by Gasteiger charge is -2.15. The summed E-state index contributed by atoms with van der Waals surface area (Å²) in [6.45, 7) is 12.4. The first-order chi connectivity index (χ1) is 21.3. The lowest BCUT2D eigenvalue weighted by molar-refractivity contribution is -0.119. The molecular formula is C38H44N2O4S. The van der Waals surface area contributed by atoms with Gasteiger partial charge in [-0.1, -0.05) is 76.2 Å². The third kappa shape index (κ3) is 8.99. The molecule has 0 bridgehead atoms. The zero-order valence-corrected chi connectivity index (χ0v) is 27.8. The van der Waals surface area contributed by atoms with Crippen LogP contribution < -0.4 is 5.32 Å². The van der Waals surface area contributed by atoms with Crippen molar-refractivity contribution in [2.24, 2.45) is 16.8 Å². The van der Waals surface area contributed by atoms with Crippen LogP contribution in [-0.4, -0.2) is 31.2 Å². The van der Waals surface area contributed by atoms with Gasteiger partial charge < -0.3 is 9.87 Å². The Hall–Kier alpha value is -4.07. The summed E-state index contributed by atoms with van der Waals surface area (Å²) in [7, 11) is -3.56. The minimum absolute atomic E-state index is 0.157. The van der Waals surface area contributed by atoms with Crippen molar-refractivity contribution in [3.63, 3.8) is 0 Å². The van der Waals surface area contributed by atoms with E-state index < -0.39 is 15.7 Å². The molecule has 3 aromatic rings. The molecule has 7 heteroatoms. The number of benzene rings is 3. The molecule has 3 aromatic carbocycles. The fourth-order valence-corrected chi connectivity index (χ4v) is 6.44. The monoisotopic (exact) mass is 624 g/mol. The van der Waals surface area contributed by atoms with Crippen molar-refractivity contribution in [2.45, 2.75) is 71.1 Å². The minimum atomic E-state index is -3.56. The predicted molar refractivity (Wildman–Crippen MR) is 187 cm³/mol. The number of aliphatic imine (C=N–C) groups is 1. The van der Waals surface area contributed by atoms with Crippen LogP contribution in [0.4, 0.5) is 5.69 Å². The number of nitrogens with one attached hydrogen (secondary N) is 1. The van der Waals surface area contributed by atoms with Gasteiger partial charge in [0.15, 0.2) is 0 Å². The van der Waals surface area contributed by atoms with Crippen LogP contribution in [0.2, 0.25) is 0 Å². The quantitative estimate of drug-likeness (QED) is 0.223. The van der Waals surface area contributed by atoms with Crippen LogP contribution in [0.25, 0.3) is 0 Å². The van der Waals surface area contributed by atoms with Crippen LogP contribution in [0.5, 0.6) is 0 Å². The topological polar surface area (TPSA) is 95.8 Å². The summed E-state index contributed by atoms with van der Waals surface area (Å²) in [5, 5.41) is 2.90. The average Bonchev–Trinajstić information content (AvgIpc) is 3.01. The summed E-state index contributed by atoms with van der Waals surface area (Å²) in [6, 6.07) is 22.5. The number of hydrogen-bond acceptors (Lipinski definition) is 3. The molecular weight excluding hydrogens is 580 g/mol. The number of carbonyl (C=O) groups excluding carboxylic acids is 2. The van der Waals surface area contributed by atoms with Gasteiger partial charge in [-0.3, -0.25) is 9.59 Å². The van der Waals surface area contributed by atoms with Crippen molar-refractivity contribution in [3.8, 4) is 0 Å². The van der Waals surface area contributed by atoms with Crippen molar-refractivity contribution in [2.75, 3.05) is 5.32 Å². The number of carbonyl (C=O) groups is 2. The summed E-state index contributed by atoms with van der Waals surface area (Å²) < 4.78 is 24.4. The largest absolute Gasteiger partial charge is 0.326 e. The molecule has 236 valence electrons. The molecule has 4 rings (SSSR count). The smallest absolute Gasteiger partial charge is 0.253 e.